The summed E-state index contributed by atoms with van der Waals surface area (Å²) in [6, 6.07) is 13.0. The molecule has 144 valence electrons. The number of rotatable bonds is 6. The molecule has 3 rings (SSSR count). The SMILES string of the molecule is CSC1=NC(=Cc2ccc([N+](=O)[O-])cc2)C(=O)N1CCOc1cccc(Cl)c1. The van der Waals surface area contributed by atoms with E-state index in [9.17, 15) is 14.9 Å². The molecule has 2 aromatic rings. The number of nitrogens with zero attached hydrogens (tertiary/aromatic N) is 3. The minimum atomic E-state index is -0.469. The molecule has 0 aliphatic carbocycles. The Morgan fingerprint density at radius 3 is 2.68 bits per heavy atom. The number of halogens is 1. The first-order valence-electron chi connectivity index (χ1n) is 8.27. The third-order valence-electron chi connectivity index (χ3n) is 3.88. The van der Waals surface area contributed by atoms with Gasteiger partial charge in [-0.3, -0.25) is 19.8 Å². The van der Waals surface area contributed by atoms with Crippen molar-refractivity contribution in [2.75, 3.05) is 19.4 Å². The van der Waals surface area contributed by atoms with E-state index in [4.69, 9.17) is 16.3 Å². The van der Waals surface area contributed by atoms with Crippen LogP contribution in [-0.2, 0) is 4.79 Å². The van der Waals surface area contributed by atoms with E-state index in [-0.39, 0.29) is 23.9 Å². The van der Waals surface area contributed by atoms with E-state index in [1.54, 1.807) is 47.4 Å². The van der Waals surface area contributed by atoms with Gasteiger partial charge in [0, 0.05) is 17.2 Å². The van der Waals surface area contributed by atoms with E-state index in [1.807, 2.05) is 6.26 Å². The molecule has 0 bridgehead atoms. The number of nitro benzene ring substituents is 1. The van der Waals surface area contributed by atoms with Gasteiger partial charge in [-0.05, 0) is 48.2 Å². The fourth-order valence-electron chi connectivity index (χ4n) is 2.55. The van der Waals surface area contributed by atoms with Crippen LogP contribution >= 0.6 is 23.4 Å². The Morgan fingerprint density at radius 1 is 1.29 bits per heavy atom. The van der Waals surface area contributed by atoms with Crippen LogP contribution in [0.2, 0.25) is 5.02 Å². The van der Waals surface area contributed by atoms with E-state index >= 15 is 0 Å². The van der Waals surface area contributed by atoms with Crippen LogP contribution in [-0.4, -0.2) is 40.3 Å². The van der Waals surface area contributed by atoms with Crippen LogP contribution in [0.3, 0.4) is 0 Å². The zero-order valence-electron chi connectivity index (χ0n) is 14.9. The third kappa shape index (κ3) is 4.71. The number of carbonyl (C=O) groups excluding carboxylic acids is 1. The van der Waals surface area contributed by atoms with Crippen molar-refractivity contribution in [3.8, 4) is 5.75 Å². The molecule has 0 radical (unpaired) electrons. The Balaban J connectivity index is 1.68. The first-order valence-corrected chi connectivity index (χ1v) is 9.87. The molecule has 9 heteroatoms. The predicted molar refractivity (Wildman–Crippen MR) is 111 cm³/mol. The molecule has 2 aromatic carbocycles. The summed E-state index contributed by atoms with van der Waals surface area (Å²) in [5, 5.41) is 11.9. The molecule has 0 N–H and O–H groups in total. The van der Waals surface area contributed by atoms with Crippen molar-refractivity contribution in [2.45, 2.75) is 0 Å². The molecular formula is C19H16ClN3O4S. The number of aliphatic imine (C=N–C) groups is 1. The molecule has 0 aromatic heterocycles. The summed E-state index contributed by atoms with van der Waals surface area (Å²) >= 11 is 7.29. The van der Waals surface area contributed by atoms with Gasteiger partial charge in [-0.2, -0.15) is 0 Å². The summed E-state index contributed by atoms with van der Waals surface area (Å²) in [5.41, 5.74) is 0.934. The normalized spacial score (nSPS) is 15.1. The van der Waals surface area contributed by atoms with Crippen molar-refractivity contribution in [1.82, 2.24) is 4.90 Å². The molecule has 0 spiro atoms. The van der Waals surface area contributed by atoms with Crippen LogP contribution in [0.1, 0.15) is 5.56 Å². The summed E-state index contributed by atoms with van der Waals surface area (Å²) in [5.74, 6) is 0.390. The number of amides is 1. The quantitative estimate of drug-likeness (QED) is 0.399. The van der Waals surface area contributed by atoms with Crippen molar-refractivity contribution < 1.29 is 14.5 Å². The number of nitro groups is 1. The van der Waals surface area contributed by atoms with Crippen LogP contribution < -0.4 is 4.74 Å². The van der Waals surface area contributed by atoms with Crippen LogP contribution in [0.25, 0.3) is 6.08 Å². The van der Waals surface area contributed by atoms with Crippen molar-refractivity contribution in [3.63, 3.8) is 0 Å². The summed E-state index contributed by atoms with van der Waals surface area (Å²) in [6.07, 6.45) is 3.45. The van der Waals surface area contributed by atoms with Gasteiger partial charge in [0.15, 0.2) is 5.17 Å². The lowest BCUT2D eigenvalue weighted by Gasteiger charge is -2.17. The van der Waals surface area contributed by atoms with Gasteiger partial charge < -0.3 is 4.74 Å². The highest BCUT2D eigenvalue weighted by Crippen LogP contribution is 2.24. The highest BCUT2D eigenvalue weighted by atomic mass is 35.5. The zero-order chi connectivity index (χ0) is 20.1. The molecule has 1 aliphatic heterocycles. The van der Waals surface area contributed by atoms with Gasteiger partial charge >= 0.3 is 0 Å². The number of benzene rings is 2. The largest absolute Gasteiger partial charge is 0.492 e. The van der Waals surface area contributed by atoms with E-state index < -0.39 is 4.92 Å². The predicted octanol–water partition coefficient (Wildman–Crippen LogP) is 4.23. The monoisotopic (exact) mass is 417 g/mol. The Labute approximate surface area is 170 Å². The van der Waals surface area contributed by atoms with Gasteiger partial charge in [-0.25, -0.2) is 4.99 Å². The number of hydrogen-bond donors (Lipinski definition) is 0. The number of ether oxygens (including phenoxy) is 1. The molecular weight excluding hydrogens is 402 g/mol. The molecule has 0 fully saturated rings. The number of non-ortho nitro benzene ring substituents is 1. The van der Waals surface area contributed by atoms with Crippen LogP contribution in [0, 0.1) is 10.1 Å². The molecule has 7 nitrogen and oxygen atoms in total. The molecule has 0 unspecified atom stereocenters. The Bertz CT molecular complexity index is 960. The summed E-state index contributed by atoms with van der Waals surface area (Å²) in [4.78, 5) is 28.9. The molecule has 0 saturated carbocycles. The number of hydrogen-bond acceptors (Lipinski definition) is 6. The van der Waals surface area contributed by atoms with Crippen molar-refractivity contribution in [3.05, 3.63) is 74.9 Å². The van der Waals surface area contributed by atoms with Gasteiger partial charge in [-0.1, -0.05) is 29.4 Å². The summed E-state index contributed by atoms with van der Waals surface area (Å²) < 4.78 is 5.65. The second-order valence-electron chi connectivity index (χ2n) is 5.74. The lowest BCUT2D eigenvalue weighted by Crippen LogP contribution is -2.34. The van der Waals surface area contributed by atoms with Crippen molar-refractivity contribution in [1.29, 1.82) is 0 Å². The average Bonchev–Trinajstić information content (AvgIpc) is 2.97. The highest BCUT2D eigenvalue weighted by Gasteiger charge is 2.29. The van der Waals surface area contributed by atoms with E-state index in [0.29, 0.717) is 28.0 Å². The number of thioether (sulfide) groups is 1. The van der Waals surface area contributed by atoms with E-state index in [2.05, 4.69) is 4.99 Å². The maximum Gasteiger partial charge on any atom is 0.278 e. The Hall–Kier alpha value is -2.84. The van der Waals surface area contributed by atoms with Gasteiger partial charge in [0.25, 0.3) is 11.6 Å². The molecule has 1 amide bonds. The van der Waals surface area contributed by atoms with Crippen LogP contribution in [0.15, 0.2) is 59.2 Å². The topological polar surface area (TPSA) is 85.0 Å². The molecule has 1 aliphatic rings. The summed E-state index contributed by atoms with van der Waals surface area (Å²) in [7, 11) is 0. The number of carbonyl (C=O) groups is 1. The minimum absolute atomic E-state index is 0.00649. The van der Waals surface area contributed by atoms with Crippen molar-refractivity contribution >= 4 is 46.2 Å². The van der Waals surface area contributed by atoms with Gasteiger partial charge in [0.1, 0.15) is 18.1 Å². The lowest BCUT2D eigenvalue weighted by atomic mass is 10.1. The van der Waals surface area contributed by atoms with Crippen LogP contribution in [0.4, 0.5) is 5.69 Å². The molecule has 0 saturated heterocycles. The maximum atomic E-state index is 12.7. The Morgan fingerprint density at radius 2 is 2.04 bits per heavy atom. The van der Waals surface area contributed by atoms with Gasteiger partial charge in [-0.15, -0.1) is 0 Å². The van der Waals surface area contributed by atoms with Crippen molar-refractivity contribution in [2.24, 2.45) is 4.99 Å². The first kappa shape index (κ1) is 19.9. The van der Waals surface area contributed by atoms with Gasteiger partial charge in [0.2, 0.25) is 0 Å². The average molecular weight is 418 g/mol. The van der Waals surface area contributed by atoms with E-state index in [0.717, 1.165) is 0 Å². The number of amidine groups is 1. The maximum absolute atomic E-state index is 12.7. The molecule has 28 heavy (non-hydrogen) atoms. The molecule has 1 heterocycles. The Kier molecular flexibility index (Phi) is 6.33. The molecule has 0 atom stereocenters. The second kappa shape index (κ2) is 8.90. The second-order valence-corrected chi connectivity index (χ2v) is 6.95. The first-order chi connectivity index (χ1) is 13.5. The standard InChI is InChI=1S/C19H16ClN3O4S/c1-28-19-21-17(11-13-5-7-15(8-6-13)23(25)26)18(24)22(19)9-10-27-16-4-2-3-14(20)12-16/h2-8,11-12H,9-10H2,1H3. The van der Waals surface area contributed by atoms with E-state index in [1.165, 1.54) is 23.9 Å². The van der Waals surface area contributed by atoms with Gasteiger partial charge in [0.05, 0.1) is 11.5 Å². The lowest BCUT2D eigenvalue weighted by molar-refractivity contribution is -0.384. The van der Waals surface area contributed by atoms with Crippen LogP contribution in [0.5, 0.6) is 5.75 Å². The fraction of sp³-hybridized carbons (Fsp3) is 0.158. The summed E-state index contributed by atoms with van der Waals surface area (Å²) in [6.45, 7) is 0.624. The highest BCUT2D eigenvalue weighted by molar-refractivity contribution is 8.13. The fourth-order valence-corrected chi connectivity index (χ4v) is 3.31. The zero-order valence-corrected chi connectivity index (χ0v) is 16.4. The smallest absolute Gasteiger partial charge is 0.278 e. The third-order valence-corrected chi connectivity index (χ3v) is 4.79. The minimum Gasteiger partial charge on any atom is -0.492 e.